The van der Waals surface area contributed by atoms with Crippen molar-refractivity contribution in [3.63, 3.8) is 0 Å². The van der Waals surface area contributed by atoms with Crippen LogP contribution in [0.3, 0.4) is 0 Å². The Balaban J connectivity index is 2.24. The molecule has 1 aromatic rings. The molecule has 64 valence electrons. The standard InChI is InChI=1S/C10H13NO/c1-2-3-9-12-11-10-7-5-4-6-8-10/h2-8,11H,9H2,1H3/b3-2+. The second kappa shape index (κ2) is 5.38. The zero-order chi connectivity index (χ0) is 8.65. The van der Waals surface area contributed by atoms with Crippen LogP contribution in [0.4, 0.5) is 5.69 Å². The molecule has 0 aliphatic carbocycles. The van der Waals surface area contributed by atoms with Crippen molar-refractivity contribution in [3.8, 4) is 0 Å². The van der Waals surface area contributed by atoms with E-state index < -0.39 is 0 Å². The fourth-order valence-electron chi connectivity index (χ4n) is 0.776. The number of allylic oxidation sites excluding steroid dienone is 1. The highest BCUT2D eigenvalue weighted by Crippen LogP contribution is 2.03. The highest BCUT2D eigenvalue weighted by molar-refractivity contribution is 5.39. The molecule has 0 spiro atoms. The van der Waals surface area contributed by atoms with Crippen molar-refractivity contribution in [2.24, 2.45) is 0 Å². The molecule has 0 fully saturated rings. The van der Waals surface area contributed by atoms with Gasteiger partial charge in [-0.15, -0.1) is 0 Å². The van der Waals surface area contributed by atoms with Gasteiger partial charge in [0.15, 0.2) is 0 Å². The largest absolute Gasteiger partial charge is 0.272 e. The Morgan fingerprint density at radius 3 is 2.75 bits per heavy atom. The van der Waals surface area contributed by atoms with E-state index in [4.69, 9.17) is 4.84 Å². The van der Waals surface area contributed by atoms with Crippen LogP contribution in [0.1, 0.15) is 6.92 Å². The quantitative estimate of drug-likeness (QED) is 0.418. The van der Waals surface area contributed by atoms with Crippen molar-refractivity contribution >= 4 is 5.69 Å². The average Bonchev–Trinajstić information content (AvgIpc) is 2.14. The van der Waals surface area contributed by atoms with Gasteiger partial charge < -0.3 is 0 Å². The number of anilines is 1. The zero-order valence-electron chi connectivity index (χ0n) is 7.16. The van der Waals surface area contributed by atoms with Crippen LogP contribution in [0, 0.1) is 0 Å². The zero-order valence-corrected chi connectivity index (χ0v) is 7.16. The maximum Gasteiger partial charge on any atom is 0.0927 e. The second-order valence-corrected chi connectivity index (χ2v) is 2.35. The fraction of sp³-hybridized carbons (Fsp3) is 0.200. The summed E-state index contributed by atoms with van der Waals surface area (Å²) in [5.41, 5.74) is 3.80. The van der Waals surface area contributed by atoms with Crippen molar-refractivity contribution in [3.05, 3.63) is 42.5 Å². The number of hydrogen-bond donors (Lipinski definition) is 1. The van der Waals surface area contributed by atoms with Crippen molar-refractivity contribution in [2.45, 2.75) is 6.92 Å². The van der Waals surface area contributed by atoms with Crippen molar-refractivity contribution in [2.75, 3.05) is 12.1 Å². The third kappa shape index (κ3) is 3.21. The molecule has 1 N–H and O–H groups in total. The Hall–Kier alpha value is -1.28. The van der Waals surface area contributed by atoms with Gasteiger partial charge in [-0.25, -0.2) is 0 Å². The summed E-state index contributed by atoms with van der Waals surface area (Å²) in [7, 11) is 0. The Morgan fingerprint density at radius 2 is 2.08 bits per heavy atom. The van der Waals surface area contributed by atoms with Gasteiger partial charge in [0.05, 0.1) is 12.3 Å². The average molecular weight is 163 g/mol. The highest BCUT2D eigenvalue weighted by atomic mass is 16.6. The van der Waals surface area contributed by atoms with E-state index in [0.717, 1.165) is 5.69 Å². The van der Waals surface area contributed by atoms with Crippen LogP contribution in [0.2, 0.25) is 0 Å². The molecular formula is C10H13NO. The number of nitrogens with one attached hydrogen (secondary N) is 1. The number of rotatable bonds is 4. The Bertz CT molecular complexity index is 231. The molecule has 0 radical (unpaired) electrons. The summed E-state index contributed by atoms with van der Waals surface area (Å²) in [5.74, 6) is 0. The normalized spacial score (nSPS) is 10.4. The van der Waals surface area contributed by atoms with Gasteiger partial charge in [0.2, 0.25) is 0 Å². The predicted molar refractivity (Wildman–Crippen MR) is 50.8 cm³/mol. The van der Waals surface area contributed by atoms with Crippen molar-refractivity contribution in [1.29, 1.82) is 0 Å². The first-order chi connectivity index (χ1) is 5.93. The van der Waals surface area contributed by atoms with E-state index in [9.17, 15) is 0 Å². The smallest absolute Gasteiger partial charge is 0.0927 e. The second-order valence-electron chi connectivity index (χ2n) is 2.35. The Kier molecular flexibility index (Phi) is 3.95. The SMILES string of the molecule is C/C=C/CONc1ccccc1. The molecular weight excluding hydrogens is 150 g/mol. The molecule has 0 aliphatic heterocycles. The van der Waals surface area contributed by atoms with Gasteiger partial charge >= 0.3 is 0 Å². The third-order valence-corrected chi connectivity index (χ3v) is 1.38. The molecule has 0 amide bonds. The highest BCUT2D eigenvalue weighted by Gasteiger charge is 1.85. The maximum atomic E-state index is 5.12. The minimum atomic E-state index is 0.589. The molecule has 0 saturated carbocycles. The van der Waals surface area contributed by atoms with E-state index in [-0.39, 0.29) is 0 Å². The first-order valence-electron chi connectivity index (χ1n) is 3.97. The lowest BCUT2D eigenvalue weighted by atomic mass is 10.3. The Labute approximate surface area is 72.8 Å². The summed E-state index contributed by atoms with van der Waals surface area (Å²) >= 11 is 0. The first kappa shape index (κ1) is 8.81. The molecule has 1 rings (SSSR count). The molecule has 12 heavy (non-hydrogen) atoms. The molecule has 1 aromatic carbocycles. The topological polar surface area (TPSA) is 21.3 Å². The van der Waals surface area contributed by atoms with Gasteiger partial charge in [-0.3, -0.25) is 10.3 Å². The molecule has 0 bridgehead atoms. The summed E-state index contributed by atoms with van der Waals surface area (Å²) in [4.78, 5) is 5.12. The molecule has 2 nitrogen and oxygen atoms in total. The van der Waals surface area contributed by atoms with Crippen LogP contribution in [0.5, 0.6) is 0 Å². The van der Waals surface area contributed by atoms with Crippen LogP contribution in [-0.4, -0.2) is 6.61 Å². The van der Waals surface area contributed by atoms with Gasteiger partial charge in [-0.05, 0) is 19.1 Å². The van der Waals surface area contributed by atoms with Gasteiger partial charge in [-0.2, -0.15) is 0 Å². The van der Waals surface area contributed by atoms with E-state index in [2.05, 4.69) is 5.48 Å². The van der Waals surface area contributed by atoms with Crippen LogP contribution in [0.25, 0.3) is 0 Å². The first-order valence-corrected chi connectivity index (χ1v) is 3.97. The molecule has 0 aromatic heterocycles. The third-order valence-electron chi connectivity index (χ3n) is 1.38. The van der Waals surface area contributed by atoms with E-state index >= 15 is 0 Å². The summed E-state index contributed by atoms with van der Waals surface area (Å²) in [6, 6.07) is 9.80. The number of para-hydroxylation sites is 1. The summed E-state index contributed by atoms with van der Waals surface area (Å²) in [6.07, 6.45) is 3.89. The number of benzene rings is 1. The van der Waals surface area contributed by atoms with Crippen molar-refractivity contribution in [1.82, 2.24) is 0 Å². The Morgan fingerprint density at radius 1 is 1.33 bits per heavy atom. The van der Waals surface area contributed by atoms with Gasteiger partial charge in [0, 0.05) is 0 Å². The van der Waals surface area contributed by atoms with Gasteiger partial charge in [0.25, 0.3) is 0 Å². The van der Waals surface area contributed by atoms with E-state index in [0.29, 0.717) is 6.61 Å². The van der Waals surface area contributed by atoms with Gasteiger partial charge in [-0.1, -0.05) is 30.4 Å². The molecule has 0 heterocycles. The molecule has 2 heteroatoms. The fourth-order valence-corrected chi connectivity index (χ4v) is 0.776. The summed E-state index contributed by atoms with van der Waals surface area (Å²) in [5, 5.41) is 0. The maximum absolute atomic E-state index is 5.12. The lowest BCUT2D eigenvalue weighted by molar-refractivity contribution is 0.228. The van der Waals surface area contributed by atoms with Crippen LogP contribution in [-0.2, 0) is 4.84 Å². The lowest BCUT2D eigenvalue weighted by Gasteiger charge is -2.03. The monoisotopic (exact) mass is 163 g/mol. The summed E-state index contributed by atoms with van der Waals surface area (Å²) in [6.45, 7) is 2.55. The van der Waals surface area contributed by atoms with E-state index in [1.807, 2.05) is 49.4 Å². The van der Waals surface area contributed by atoms with Gasteiger partial charge in [0.1, 0.15) is 0 Å². The predicted octanol–water partition coefficient (Wildman–Crippen LogP) is 2.61. The van der Waals surface area contributed by atoms with Crippen LogP contribution in [0.15, 0.2) is 42.5 Å². The molecule has 0 saturated heterocycles. The molecule has 0 aliphatic rings. The van der Waals surface area contributed by atoms with Crippen molar-refractivity contribution < 1.29 is 4.84 Å². The van der Waals surface area contributed by atoms with Crippen LogP contribution >= 0.6 is 0 Å². The van der Waals surface area contributed by atoms with E-state index in [1.54, 1.807) is 0 Å². The molecule has 0 atom stereocenters. The minimum absolute atomic E-state index is 0.589. The van der Waals surface area contributed by atoms with Crippen LogP contribution < -0.4 is 5.48 Å². The van der Waals surface area contributed by atoms with E-state index in [1.165, 1.54) is 0 Å². The minimum Gasteiger partial charge on any atom is -0.272 e. The molecule has 0 unspecified atom stereocenters. The lowest BCUT2D eigenvalue weighted by Crippen LogP contribution is -2.00. The number of hydrogen-bond acceptors (Lipinski definition) is 2. The summed E-state index contributed by atoms with van der Waals surface area (Å²) < 4.78 is 0.